The first-order valence-electron chi connectivity index (χ1n) is 7.49. The van der Waals surface area contributed by atoms with Crippen LogP contribution in [-0.4, -0.2) is 36.5 Å². The van der Waals surface area contributed by atoms with Crippen LogP contribution in [0, 0.1) is 12.8 Å². The highest BCUT2D eigenvalue weighted by Crippen LogP contribution is 2.21. The number of aryl methyl sites for hydroxylation is 1. The molecule has 124 valence electrons. The molecule has 0 bridgehead atoms. The van der Waals surface area contributed by atoms with E-state index in [1.54, 1.807) is 6.07 Å². The van der Waals surface area contributed by atoms with E-state index < -0.39 is 0 Å². The lowest BCUT2D eigenvalue weighted by Gasteiger charge is -2.34. The van der Waals surface area contributed by atoms with Crippen LogP contribution in [0.15, 0.2) is 18.2 Å². The topological polar surface area (TPSA) is 58.4 Å². The van der Waals surface area contributed by atoms with Crippen LogP contribution in [0.2, 0.25) is 5.02 Å². The Labute approximate surface area is 143 Å². The molecule has 1 amide bonds. The molecule has 0 radical (unpaired) electrons. The number of hydrogen-bond acceptors (Lipinski definition) is 3. The zero-order valence-corrected chi connectivity index (χ0v) is 14.7. The largest absolute Gasteiger partial charge is 0.328 e. The van der Waals surface area contributed by atoms with E-state index in [1.165, 1.54) is 0 Å². The number of anilines is 1. The van der Waals surface area contributed by atoms with Crippen molar-refractivity contribution in [2.24, 2.45) is 11.7 Å². The first-order valence-corrected chi connectivity index (χ1v) is 7.87. The van der Waals surface area contributed by atoms with Gasteiger partial charge in [-0.2, -0.15) is 0 Å². The van der Waals surface area contributed by atoms with Crippen LogP contribution >= 0.6 is 24.0 Å². The summed E-state index contributed by atoms with van der Waals surface area (Å²) in [5, 5.41) is 3.58. The van der Waals surface area contributed by atoms with Gasteiger partial charge in [-0.15, -0.1) is 12.4 Å². The average Bonchev–Trinajstić information content (AvgIpc) is 2.43. The van der Waals surface area contributed by atoms with Crippen molar-refractivity contribution >= 4 is 35.6 Å². The van der Waals surface area contributed by atoms with Gasteiger partial charge in [-0.1, -0.05) is 17.7 Å². The van der Waals surface area contributed by atoms with Gasteiger partial charge >= 0.3 is 0 Å². The first-order chi connectivity index (χ1) is 9.95. The molecule has 4 nitrogen and oxygen atoms in total. The van der Waals surface area contributed by atoms with Crippen LogP contribution in [0.5, 0.6) is 0 Å². The van der Waals surface area contributed by atoms with E-state index in [1.807, 2.05) is 26.0 Å². The lowest BCUT2D eigenvalue weighted by Crippen LogP contribution is -2.45. The molecule has 1 saturated heterocycles. The maximum atomic E-state index is 12.2. The number of piperidine rings is 1. The first kappa shape index (κ1) is 19.2. The Kier molecular flexibility index (Phi) is 7.63. The molecular formula is C16H25Cl2N3O. The molecule has 6 heteroatoms. The van der Waals surface area contributed by atoms with Crippen LogP contribution in [0.1, 0.15) is 25.3 Å². The third kappa shape index (κ3) is 5.43. The van der Waals surface area contributed by atoms with E-state index in [4.69, 9.17) is 17.3 Å². The fraction of sp³-hybridized carbons (Fsp3) is 0.562. The molecule has 1 aromatic rings. The van der Waals surface area contributed by atoms with Crippen molar-refractivity contribution in [3.8, 4) is 0 Å². The Morgan fingerprint density at radius 3 is 2.95 bits per heavy atom. The van der Waals surface area contributed by atoms with Gasteiger partial charge < -0.3 is 11.1 Å². The predicted octanol–water partition coefficient (Wildman–Crippen LogP) is 3.07. The van der Waals surface area contributed by atoms with Crippen molar-refractivity contribution in [3.05, 3.63) is 28.8 Å². The van der Waals surface area contributed by atoms with Crippen molar-refractivity contribution in [2.45, 2.75) is 32.7 Å². The Hall–Kier alpha value is -0.810. The Balaban J connectivity index is 0.00000242. The summed E-state index contributed by atoms with van der Waals surface area (Å²) < 4.78 is 0. The second kappa shape index (κ2) is 8.73. The fourth-order valence-corrected chi connectivity index (χ4v) is 2.96. The fourth-order valence-electron chi connectivity index (χ4n) is 2.79. The smallest absolute Gasteiger partial charge is 0.238 e. The van der Waals surface area contributed by atoms with Gasteiger partial charge in [0.1, 0.15) is 0 Å². The predicted molar refractivity (Wildman–Crippen MR) is 94.9 cm³/mol. The second-order valence-corrected chi connectivity index (χ2v) is 6.44. The summed E-state index contributed by atoms with van der Waals surface area (Å²) in [6.45, 7) is 6.28. The minimum atomic E-state index is 0. The van der Waals surface area contributed by atoms with Gasteiger partial charge in [0, 0.05) is 23.3 Å². The van der Waals surface area contributed by atoms with Crippen molar-refractivity contribution in [1.29, 1.82) is 0 Å². The Morgan fingerprint density at radius 1 is 1.55 bits per heavy atom. The highest BCUT2D eigenvalue weighted by Gasteiger charge is 2.24. The number of amides is 1. The van der Waals surface area contributed by atoms with Gasteiger partial charge in [-0.25, -0.2) is 0 Å². The van der Waals surface area contributed by atoms with Gasteiger partial charge in [0.2, 0.25) is 5.91 Å². The number of likely N-dealkylation sites (tertiary alicyclic amines) is 1. The minimum absolute atomic E-state index is 0. The third-order valence-corrected chi connectivity index (χ3v) is 4.36. The van der Waals surface area contributed by atoms with Gasteiger partial charge in [0.05, 0.1) is 6.54 Å². The van der Waals surface area contributed by atoms with Crippen molar-refractivity contribution in [2.75, 3.05) is 25.0 Å². The molecular weight excluding hydrogens is 321 g/mol. The molecule has 1 aliphatic heterocycles. The molecule has 1 fully saturated rings. The number of nitrogens with two attached hydrogens (primary N) is 1. The van der Waals surface area contributed by atoms with E-state index in [9.17, 15) is 4.79 Å². The molecule has 1 heterocycles. The zero-order chi connectivity index (χ0) is 15.4. The molecule has 0 saturated carbocycles. The standard InChI is InChI=1S/C16H24ClN3O.ClH/c1-11-5-6-14(17)8-15(11)19-16(21)10-20-7-3-4-13(9-20)12(2)18;/h5-6,8,12-13H,3-4,7,9-10,18H2,1-2H3,(H,19,21);1H. The van der Waals surface area contributed by atoms with Crippen LogP contribution in [-0.2, 0) is 4.79 Å². The van der Waals surface area contributed by atoms with E-state index in [0.717, 1.165) is 37.2 Å². The molecule has 0 spiro atoms. The minimum Gasteiger partial charge on any atom is -0.328 e. The van der Waals surface area contributed by atoms with Crippen LogP contribution in [0.4, 0.5) is 5.69 Å². The maximum absolute atomic E-state index is 12.2. The molecule has 2 atom stereocenters. The maximum Gasteiger partial charge on any atom is 0.238 e. The van der Waals surface area contributed by atoms with Gasteiger partial charge in [-0.3, -0.25) is 9.69 Å². The molecule has 2 unspecified atom stereocenters. The summed E-state index contributed by atoms with van der Waals surface area (Å²) in [4.78, 5) is 14.4. The van der Waals surface area contributed by atoms with Gasteiger partial charge in [0.15, 0.2) is 0 Å². The second-order valence-electron chi connectivity index (χ2n) is 6.00. The highest BCUT2D eigenvalue weighted by atomic mass is 35.5. The average molecular weight is 346 g/mol. The quantitative estimate of drug-likeness (QED) is 0.881. The van der Waals surface area contributed by atoms with Gasteiger partial charge in [0.25, 0.3) is 0 Å². The van der Waals surface area contributed by atoms with E-state index in [2.05, 4.69) is 10.2 Å². The summed E-state index contributed by atoms with van der Waals surface area (Å²) >= 11 is 5.97. The number of hydrogen-bond donors (Lipinski definition) is 2. The summed E-state index contributed by atoms with van der Waals surface area (Å²) in [6, 6.07) is 5.71. The molecule has 2 rings (SSSR count). The van der Waals surface area contributed by atoms with Crippen LogP contribution in [0.25, 0.3) is 0 Å². The summed E-state index contributed by atoms with van der Waals surface area (Å²) in [5.41, 5.74) is 7.78. The molecule has 1 aromatic carbocycles. The van der Waals surface area contributed by atoms with Crippen molar-refractivity contribution in [3.63, 3.8) is 0 Å². The van der Waals surface area contributed by atoms with Gasteiger partial charge in [-0.05, 0) is 56.8 Å². The summed E-state index contributed by atoms with van der Waals surface area (Å²) in [6.07, 6.45) is 2.26. The highest BCUT2D eigenvalue weighted by molar-refractivity contribution is 6.31. The van der Waals surface area contributed by atoms with E-state index in [0.29, 0.717) is 17.5 Å². The number of carbonyl (C=O) groups excluding carboxylic acids is 1. The molecule has 22 heavy (non-hydrogen) atoms. The monoisotopic (exact) mass is 345 g/mol. The van der Waals surface area contributed by atoms with E-state index >= 15 is 0 Å². The number of nitrogens with one attached hydrogen (secondary N) is 1. The normalized spacial score (nSPS) is 20.1. The van der Waals surface area contributed by atoms with Crippen LogP contribution < -0.4 is 11.1 Å². The lowest BCUT2D eigenvalue weighted by atomic mass is 9.92. The summed E-state index contributed by atoms with van der Waals surface area (Å²) in [5.74, 6) is 0.491. The van der Waals surface area contributed by atoms with Crippen molar-refractivity contribution < 1.29 is 4.79 Å². The number of carbonyl (C=O) groups is 1. The lowest BCUT2D eigenvalue weighted by molar-refractivity contribution is -0.117. The third-order valence-electron chi connectivity index (χ3n) is 4.13. The molecule has 0 aromatic heterocycles. The summed E-state index contributed by atoms with van der Waals surface area (Å²) in [7, 11) is 0. The Bertz CT molecular complexity index is 508. The zero-order valence-electron chi connectivity index (χ0n) is 13.1. The van der Waals surface area contributed by atoms with Crippen LogP contribution in [0.3, 0.4) is 0 Å². The number of rotatable bonds is 4. The van der Waals surface area contributed by atoms with Crippen molar-refractivity contribution in [1.82, 2.24) is 4.90 Å². The SMILES string of the molecule is Cc1ccc(Cl)cc1NC(=O)CN1CCCC(C(C)N)C1.Cl. The number of benzene rings is 1. The molecule has 0 aliphatic carbocycles. The number of halogens is 2. The molecule has 1 aliphatic rings. The molecule has 3 N–H and O–H groups in total. The number of nitrogens with zero attached hydrogens (tertiary/aromatic N) is 1. The Morgan fingerprint density at radius 2 is 2.27 bits per heavy atom. The van der Waals surface area contributed by atoms with E-state index in [-0.39, 0.29) is 24.4 Å².